The molecule has 0 spiro atoms. The van der Waals surface area contributed by atoms with E-state index >= 15 is 0 Å². The lowest BCUT2D eigenvalue weighted by molar-refractivity contribution is 0.262. The maximum absolute atomic E-state index is 9.84. The molecule has 0 aliphatic carbocycles. The van der Waals surface area contributed by atoms with Gasteiger partial charge in [0.25, 0.3) is 8.32 Å². The monoisotopic (exact) mass is 433 g/mol. The second-order valence-corrected chi connectivity index (χ2v) is 13.4. The van der Waals surface area contributed by atoms with Crippen molar-refractivity contribution in [3.8, 4) is 6.07 Å². The van der Waals surface area contributed by atoms with Crippen molar-refractivity contribution < 1.29 is 4.43 Å². The minimum absolute atomic E-state index is 0.101. The Morgan fingerprint density at radius 1 is 0.867 bits per heavy atom. The number of nitrogens with zero attached hydrogens (tertiary/aromatic N) is 1. The van der Waals surface area contributed by atoms with Crippen molar-refractivity contribution in [3.05, 3.63) is 95.5 Å². The predicted octanol–water partition coefficient (Wildman–Crippen LogP) is 5.60. The molecule has 0 saturated carbocycles. The van der Waals surface area contributed by atoms with Gasteiger partial charge in [-0.2, -0.15) is 5.26 Å². The van der Waals surface area contributed by atoms with Crippen LogP contribution in [-0.2, 0) is 10.8 Å². The fourth-order valence-corrected chi connectivity index (χ4v) is 8.77. The van der Waals surface area contributed by atoms with Gasteiger partial charge in [-0.25, -0.2) is 0 Å². The van der Waals surface area contributed by atoms with Crippen molar-refractivity contribution in [2.45, 2.75) is 32.2 Å². The summed E-state index contributed by atoms with van der Waals surface area (Å²) in [5, 5.41) is 12.9. The summed E-state index contributed by atoms with van der Waals surface area (Å²) in [5.74, 6) is -0.229. The molecular formula is C26H28ClNOSi. The third-order valence-electron chi connectivity index (χ3n) is 5.50. The van der Waals surface area contributed by atoms with E-state index in [4.69, 9.17) is 16.0 Å². The molecule has 0 aliphatic rings. The third-order valence-corrected chi connectivity index (χ3v) is 10.8. The van der Waals surface area contributed by atoms with Crippen molar-refractivity contribution in [2.24, 2.45) is 5.92 Å². The highest BCUT2D eigenvalue weighted by molar-refractivity contribution is 6.99. The first kappa shape index (κ1) is 22.3. The van der Waals surface area contributed by atoms with E-state index in [2.05, 4.69) is 75.4 Å². The zero-order chi connectivity index (χ0) is 21.6. The zero-order valence-corrected chi connectivity index (χ0v) is 19.6. The summed E-state index contributed by atoms with van der Waals surface area (Å²) in [6, 6.07) is 31.2. The second kappa shape index (κ2) is 9.62. The predicted molar refractivity (Wildman–Crippen MR) is 128 cm³/mol. The van der Waals surface area contributed by atoms with Crippen LogP contribution in [0.15, 0.2) is 84.9 Å². The van der Waals surface area contributed by atoms with Gasteiger partial charge in [-0.3, -0.25) is 0 Å². The lowest BCUT2D eigenvalue weighted by atomic mass is 10.0. The molecular weight excluding hydrogens is 406 g/mol. The van der Waals surface area contributed by atoms with Crippen LogP contribution in [0.4, 0.5) is 0 Å². The Kier molecular flexibility index (Phi) is 7.15. The summed E-state index contributed by atoms with van der Waals surface area (Å²) in [4.78, 5) is 0. The molecule has 2 nitrogen and oxygen atoms in total. The average molecular weight is 434 g/mol. The first-order chi connectivity index (χ1) is 14.4. The fourth-order valence-electron chi connectivity index (χ4n) is 4.03. The highest BCUT2D eigenvalue weighted by Crippen LogP contribution is 2.37. The Labute approximate surface area is 186 Å². The minimum atomic E-state index is -2.63. The molecule has 0 radical (unpaired) electrons. The number of nitriles is 1. The number of halogens is 1. The molecule has 3 aromatic carbocycles. The molecule has 0 amide bonds. The molecule has 1 atom stereocenters. The van der Waals surface area contributed by atoms with E-state index < -0.39 is 8.32 Å². The van der Waals surface area contributed by atoms with Crippen LogP contribution in [0.2, 0.25) is 10.1 Å². The van der Waals surface area contributed by atoms with Gasteiger partial charge in [-0.1, -0.05) is 105 Å². The first-order valence-electron chi connectivity index (χ1n) is 10.3. The van der Waals surface area contributed by atoms with Gasteiger partial charge in [0.2, 0.25) is 0 Å². The van der Waals surface area contributed by atoms with E-state index in [0.717, 1.165) is 5.56 Å². The molecule has 0 saturated heterocycles. The van der Waals surface area contributed by atoms with Crippen LogP contribution < -0.4 is 10.4 Å². The summed E-state index contributed by atoms with van der Waals surface area (Å²) in [6.45, 7) is 7.14. The highest BCUT2D eigenvalue weighted by atomic mass is 35.5. The van der Waals surface area contributed by atoms with Gasteiger partial charge in [-0.15, -0.1) is 0 Å². The normalized spacial score (nSPS) is 12.9. The molecule has 154 valence electrons. The molecule has 0 heterocycles. The summed E-state index contributed by atoms with van der Waals surface area (Å²) in [7, 11) is -2.63. The summed E-state index contributed by atoms with van der Waals surface area (Å²) >= 11 is 6.00. The molecule has 0 N–H and O–H groups in total. The zero-order valence-electron chi connectivity index (χ0n) is 17.8. The smallest absolute Gasteiger partial charge is 0.261 e. The molecule has 30 heavy (non-hydrogen) atoms. The molecule has 0 aromatic heterocycles. The van der Waals surface area contributed by atoms with Crippen LogP contribution in [0.3, 0.4) is 0 Å². The van der Waals surface area contributed by atoms with Crippen molar-refractivity contribution in [2.75, 3.05) is 6.61 Å². The van der Waals surface area contributed by atoms with Crippen molar-refractivity contribution >= 4 is 30.3 Å². The SMILES string of the molecule is CC(C)(C)[Si](OCC(C#N)Cc1ccc(Cl)cc1)(c1ccccc1)c1ccccc1. The van der Waals surface area contributed by atoms with Crippen LogP contribution in [-0.4, -0.2) is 14.9 Å². The maximum Gasteiger partial charge on any atom is 0.261 e. The van der Waals surface area contributed by atoms with Gasteiger partial charge in [0.1, 0.15) is 0 Å². The summed E-state index contributed by atoms with van der Waals surface area (Å²) in [6.07, 6.45) is 0.645. The fraction of sp³-hybridized carbons (Fsp3) is 0.269. The van der Waals surface area contributed by atoms with Gasteiger partial charge in [-0.05, 0) is 39.5 Å². The second-order valence-electron chi connectivity index (χ2n) is 8.63. The molecule has 1 unspecified atom stereocenters. The van der Waals surface area contributed by atoms with Gasteiger partial charge in [0.05, 0.1) is 18.6 Å². The van der Waals surface area contributed by atoms with Crippen molar-refractivity contribution in [1.29, 1.82) is 5.26 Å². The number of benzene rings is 3. The third kappa shape index (κ3) is 4.84. The minimum Gasteiger partial charge on any atom is -0.406 e. The Morgan fingerprint density at radius 2 is 1.37 bits per heavy atom. The number of hydrogen-bond acceptors (Lipinski definition) is 2. The number of hydrogen-bond donors (Lipinski definition) is 0. The van der Waals surface area contributed by atoms with Crippen LogP contribution in [0.25, 0.3) is 0 Å². The van der Waals surface area contributed by atoms with Crippen molar-refractivity contribution in [1.82, 2.24) is 0 Å². The molecule has 0 bridgehead atoms. The van der Waals surface area contributed by atoms with Gasteiger partial charge in [0.15, 0.2) is 0 Å². The molecule has 4 heteroatoms. The van der Waals surface area contributed by atoms with Crippen LogP contribution >= 0.6 is 11.6 Å². The standard InChI is InChI=1S/C26H28ClNOSi/c1-26(2,3)30(24-10-6-4-7-11-24,25-12-8-5-9-13-25)29-20-22(19-28)18-21-14-16-23(27)17-15-21/h4-17,22H,18,20H2,1-3H3. The lowest BCUT2D eigenvalue weighted by Gasteiger charge is -2.43. The molecule has 3 aromatic rings. The average Bonchev–Trinajstić information content (AvgIpc) is 2.75. The lowest BCUT2D eigenvalue weighted by Crippen LogP contribution is -2.66. The van der Waals surface area contributed by atoms with Gasteiger partial charge < -0.3 is 4.43 Å². The number of rotatable bonds is 7. The summed E-state index contributed by atoms with van der Waals surface area (Å²) in [5.41, 5.74) is 1.09. The maximum atomic E-state index is 9.84. The van der Waals surface area contributed by atoms with E-state index in [1.807, 2.05) is 36.4 Å². The van der Waals surface area contributed by atoms with Gasteiger partial charge in [0, 0.05) is 5.02 Å². The first-order valence-corrected chi connectivity index (χ1v) is 12.5. The quantitative estimate of drug-likeness (QED) is 0.454. The topological polar surface area (TPSA) is 33.0 Å². The Hall–Kier alpha value is -2.38. The van der Waals surface area contributed by atoms with Crippen LogP contribution in [0.1, 0.15) is 26.3 Å². The molecule has 3 rings (SSSR count). The molecule has 0 fully saturated rings. The van der Waals surface area contributed by atoms with E-state index in [-0.39, 0.29) is 11.0 Å². The van der Waals surface area contributed by atoms with Crippen molar-refractivity contribution in [3.63, 3.8) is 0 Å². The van der Waals surface area contributed by atoms with E-state index in [1.54, 1.807) is 0 Å². The van der Waals surface area contributed by atoms with Crippen LogP contribution in [0, 0.1) is 17.2 Å². The highest BCUT2D eigenvalue weighted by Gasteiger charge is 2.50. The largest absolute Gasteiger partial charge is 0.406 e. The van der Waals surface area contributed by atoms with E-state index in [9.17, 15) is 5.26 Å². The van der Waals surface area contributed by atoms with Gasteiger partial charge >= 0.3 is 0 Å². The Balaban J connectivity index is 1.96. The Bertz CT molecular complexity index is 936. The Morgan fingerprint density at radius 3 is 1.80 bits per heavy atom. The van der Waals surface area contributed by atoms with E-state index in [1.165, 1.54) is 10.4 Å². The molecule has 0 aliphatic heterocycles. The van der Waals surface area contributed by atoms with E-state index in [0.29, 0.717) is 18.1 Å². The summed E-state index contributed by atoms with van der Waals surface area (Å²) < 4.78 is 6.91. The van der Waals surface area contributed by atoms with Crippen LogP contribution in [0.5, 0.6) is 0 Å².